The SMILES string of the molecule is N#Cc1cccc(CN2CC(COCC(N)=O)C(c3ccncc3)C2)c1. The van der Waals surface area contributed by atoms with Gasteiger partial charge in [0, 0.05) is 43.9 Å². The molecule has 3 rings (SSSR count). The van der Waals surface area contributed by atoms with Crippen molar-refractivity contribution in [3.05, 3.63) is 65.5 Å². The molecule has 1 aliphatic heterocycles. The molecule has 0 saturated carbocycles. The average molecular weight is 350 g/mol. The normalized spacial score (nSPS) is 20.0. The Hall–Kier alpha value is -2.75. The zero-order chi connectivity index (χ0) is 18.4. The van der Waals surface area contributed by atoms with E-state index in [0.29, 0.717) is 18.1 Å². The zero-order valence-corrected chi connectivity index (χ0v) is 14.5. The minimum absolute atomic E-state index is 0.0518. The number of carbonyl (C=O) groups excluding carboxylic acids is 1. The van der Waals surface area contributed by atoms with E-state index in [1.165, 1.54) is 5.56 Å². The molecule has 2 N–H and O–H groups in total. The largest absolute Gasteiger partial charge is 0.371 e. The Kier molecular flexibility index (Phi) is 5.95. The molecule has 1 fully saturated rings. The van der Waals surface area contributed by atoms with Gasteiger partial charge < -0.3 is 10.5 Å². The first-order chi connectivity index (χ1) is 12.7. The molecule has 6 nitrogen and oxygen atoms in total. The maximum Gasteiger partial charge on any atom is 0.243 e. The van der Waals surface area contributed by atoms with Crippen molar-refractivity contribution in [2.45, 2.75) is 12.5 Å². The molecule has 1 aromatic heterocycles. The highest BCUT2D eigenvalue weighted by Gasteiger charge is 2.34. The summed E-state index contributed by atoms with van der Waals surface area (Å²) in [4.78, 5) is 17.4. The number of ether oxygens (including phenoxy) is 1. The smallest absolute Gasteiger partial charge is 0.243 e. The van der Waals surface area contributed by atoms with E-state index in [-0.39, 0.29) is 12.5 Å². The summed E-state index contributed by atoms with van der Waals surface area (Å²) >= 11 is 0. The lowest BCUT2D eigenvalue weighted by atomic mass is 9.90. The number of rotatable bonds is 7. The van der Waals surface area contributed by atoms with E-state index >= 15 is 0 Å². The van der Waals surface area contributed by atoms with Crippen LogP contribution < -0.4 is 5.73 Å². The number of benzene rings is 1. The van der Waals surface area contributed by atoms with E-state index in [9.17, 15) is 4.79 Å². The number of aromatic nitrogens is 1. The van der Waals surface area contributed by atoms with Crippen molar-refractivity contribution < 1.29 is 9.53 Å². The number of nitrogens with zero attached hydrogens (tertiary/aromatic N) is 3. The topological polar surface area (TPSA) is 92.2 Å². The number of nitrogens with two attached hydrogens (primary N) is 1. The molecule has 0 spiro atoms. The molecule has 2 aromatic rings. The van der Waals surface area contributed by atoms with Crippen molar-refractivity contribution in [2.75, 3.05) is 26.3 Å². The van der Waals surface area contributed by atoms with Gasteiger partial charge in [-0.2, -0.15) is 5.26 Å². The van der Waals surface area contributed by atoms with Crippen LogP contribution in [0.5, 0.6) is 0 Å². The van der Waals surface area contributed by atoms with E-state index < -0.39 is 5.91 Å². The second-order valence-electron chi connectivity index (χ2n) is 6.63. The molecular weight excluding hydrogens is 328 g/mol. The maximum absolute atomic E-state index is 10.9. The van der Waals surface area contributed by atoms with E-state index in [4.69, 9.17) is 15.7 Å². The summed E-state index contributed by atoms with van der Waals surface area (Å²) in [6.07, 6.45) is 3.60. The first-order valence-corrected chi connectivity index (χ1v) is 8.63. The molecule has 2 unspecified atom stereocenters. The standard InChI is InChI=1S/C20H22N4O2/c21-9-15-2-1-3-16(8-15)10-24-11-18(13-26-14-20(22)25)19(12-24)17-4-6-23-7-5-17/h1-8,18-19H,10-14H2,(H2,22,25). The van der Waals surface area contributed by atoms with Gasteiger partial charge in [-0.05, 0) is 35.4 Å². The van der Waals surface area contributed by atoms with Gasteiger partial charge in [0.2, 0.25) is 5.91 Å². The lowest BCUT2D eigenvalue weighted by Crippen LogP contribution is -2.24. The minimum atomic E-state index is -0.450. The molecule has 134 valence electrons. The van der Waals surface area contributed by atoms with Crippen LogP contribution in [0.2, 0.25) is 0 Å². The van der Waals surface area contributed by atoms with E-state index in [0.717, 1.165) is 25.2 Å². The van der Waals surface area contributed by atoms with Crippen LogP contribution >= 0.6 is 0 Å². The van der Waals surface area contributed by atoms with Gasteiger partial charge in [0.05, 0.1) is 18.2 Å². The zero-order valence-electron chi connectivity index (χ0n) is 14.5. The Labute approximate surface area is 153 Å². The summed E-state index contributed by atoms with van der Waals surface area (Å²) in [6.45, 7) is 2.98. The van der Waals surface area contributed by atoms with Crippen LogP contribution in [0.15, 0.2) is 48.8 Å². The van der Waals surface area contributed by atoms with Crippen LogP contribution in [0.3, 0.4) is 0 Å². The van der Waals surface area contributed by atoms with E-state index in [2.05, 4.69) is 16.0 Å². The van der Waals surface area contributed by atoms with Gasteiger partial charge in [-0.1, -0.05) is 12.1 Å². The van der Waals surface area contributed by atoms with Gasteiger partial charge in [-0.15, -0.1) is 0 Å². The molecule has 1 saturated heterocycles. The Morgan fingerprint density at radius 2 is 2.12 bits per heavy atom. The highest BCUT2D eigenvalue weighted by Crippen LogP contribution is 2.33. The van der Waals surface area contributed by atoms with Crippen LogP contribution in [-0.2, 0) is 16.1 Å². The molecule has 26 heavy (non-hydrogen) atoms. The predicted octanol–water partition coefficient (Wildman–Crippen LogP) is 1.67. The fraction of sp³-hybridized carbons (Fsp3) is 0.350. The van der Waals surface area contributed by atoms with Crippen molar-refractivity contribution in [3.63, 3.8) is 0 Å². The third-order valence-electron chi connectivity index (χ3n) is 4.69. The molecule has 6 heteroatoms. The molecule has 0 aliphatic carbocycles. The average Bonchev–Trinajstić information content (AvgIpc) is 3.05. The lowest BCUT2D eigenvalue weighted by Gasteiger charge is -2.18. The fourth-order valence-electron chi connectivity index (χ4n) is 3.56. The van der Waals surface area contributed by atoms with Crippen molar-refractivity contribution in [2.24, 2.45) is 11.7 Å². The van der Waals surface area contributed by atoms with Crippen molar-refractivity contribution in [3.8, 4) is 6.07 Å². The molecule has 0 radical (unpaired) electrons. The molecule has 2 heterocycles. The van der Waals surface area contributed by atoms with Crippen LogP contribution in [0, 0.1) is 17.2 Å². The summed E-state index contributed by atoms with van der Waals surface area (Å²) in [5.74, 6) is 0.134. The summed E-state index contributed by atoms with van der Waals surface area (Å²) in [6, 6.07) is 13.9. The number of pyridine rings is 1. The van der Waals surface area contributed by atoms with Crippen LogP contribution in [0.1, 0.15) is 22.6 Å². The number of nitriles is 1. The second kappa shape index (κ2) is 8.56. The monoisotopic (exact) mass is 350 g/mol. The molecule has 0 bridgehead atoms. The summed E-state index contributed by atoms with van der Waals surface area (Å²) in [7, 11) is 0. The van der Waals surface area contributed by atoms with Gasteiger partial charge in [0.15, 0.2) is 0 Å². The van der Waals surface area contributed by atoms with Crippen molar-refractivity contribution in [1.29, 1.82) is 5.26 Å². The second-order valence-corrected chi connectivity index (χ2v) is 6.63. The van der Waals surface area contributed by atoms with Gasteiger partial charge in [-0.3, -0.25) is 14.7 Å². The molecule has 2 atom stereocenters. The molecule has 1 aliphatic rings. The predicted molar refractivity (Wildman–Crippen MR) is 96.9 cm³/mol. The van der Waals surface area contributed by atoms with Crippen LogP contribution in [-0.4, -0.2) is 42.1 Å². The van der Waals surface area contributed by atoms with E-state index in [1.54, 1.807) is 12.4 Å². The minimum Gasteiger partial charge on any atom is -0.371 e. The number of hydrogen-bond acceptors (Lipinski definition) is 5. The highest BCUT2D eigenvalue weighted by atomic mass is 16.5. The summed E-state index contributed by atoms with van der Waals surface area (Å²) in [5, 5.41) is 9.07. The number of hydrogen-bond donors (Lipinski definition) is 1. The first kappa shape index (κ1) is 18.1. The Morgan fingerprint density at radius 3 is 2.85 bits per heavy atom. The number of primary amides is 1. The van der Waals surface area contributed by atoms with Gasteiger partial charge in [0.1, 0.15) is 6.61 Å². The molecule has 1 amide bonds. The van der Waals surface area contributed by atoms with Gasteiger partial charge in [-0.25, -0.2) is 0 Å². The highest BCUT2D eigenvalue weighted by molar-refractivity contribution is 5.74. The lowest BCUT2D eigenvalue weighted by molar-refractivity contribution is -0.122. The third-order valence-corrected chi connectivity index (χ3v) is 4.69. The van der Waals surface area contributed by atoms with Crippen molar-refractivity contribution in [1.82, 2.24) is 9.88 Å². The molecular formula is C20H22N4O2. The summed E-state index contributed by atoms with van der Waals surface area (Å²) in [5.41, 5.74) is 8.19. The quantitative estimate of drug-likeness (QED) is 0.820. The number of carbonyl (C=O) groups is 1. The first-order valence-electron chi connectivity index (χ1n) is 8.63. The van der Waals surface area contributed by atoms with Crippen LogP contribution in [0.25, 0.3) is 0 Å². The Morgan fingerprint density at radius 1 is 1.31 bits per heavy atom. The molecule has 1 aromatic carbocycles. The van der Waals surface area contributed by atoms with E-state index in [1.807, 2.05) is 36.4 Å². The Balaban J connectivity index is 1.70. The number of likely N-dealkylation sites (tertiary alicyclic amines) is 1. The third kappa shape index (κ3) is 4.66. The Bertz CT molecular complexity index is 788. The van der Waals surface area contributed by atoms with Gasteiger partial charge >= 0.3 is 0 Å². The maximum atomic E-state index is 10.9. The fourth-order valence-corrected chi connectivity index (χ4v) is 3.56. The number of amides is 1. The van der Waals surface area contributed by atoms with Crippen molar-refractivity contribution >= 4 is 5.91 Å². The summed E-state index contributed by atoms with van der Waals surface area (Å²) < 4.78 is 5.51. The van der Waals surface area contributed by atoms with Gasteiger partial charge in [0.25, 0.3) is 0 Å². The van der Waals surface area contributed by atoms with Crippen LogP contribution in [0.4, 0.5) is 0 Å².